The molecule has 6 rings (SSSR count). The molecule has 1 aromatic carbocycles. The van der Waals surface area contributed by atoms with E-state index in [4.69, 9.17) is 14.7 Å². The van der Waals surface area contributed by atoms with Crippen LogP contribution in [0, 0.1) is 0 Å². The first-order valence-corrected chi connectivity index (χ1v) is 12.8. The van der Waals surface area contributed by atoms with Gasteiger partial charge in [0.05, 0.1) is 13.2 Å². The molecule has 10 nitrogen and oxygen atoms in total. The Morgan fingerprint density at radius 3 is 2.86 bits per heavy atom. The first-order valence-electron chi connectivity index (χ1n) is 12.0. The predicted octanol–water partition coefficient (Wildman–Crippen LogP) is 2.85. The lowest BCUT2D eigenvalue weighted by atomic mass is 10.0. The molecule has 0 atom stereocenters. The average molecular weight is 493 g/mol. The van der Waals surface area contributed by atoms with Crippen molar-refractivity contribution in [3.63, 3.8) is 0 Å². The van der Waals surface area contributed by atoms with Crippen LogP contribution in [0.5, 0.6) is 0 Å². The summed E-state index contributed by atoms with van der Waals surface area (Å²) in [5.74, 6) is 1.13. The molecule has 2 aliphatic heterocycles. The molecule has 11 heteroatoms. The molecule has 2 aliphatic rings. The summed E-state index contributed by atoms with van der Waals surface area (Å²) in [4.78, 5) is 29.6. The summed E-state index contributed by atoms with van der Waals surface area (Å²) in [6.07, 6.45) is 2.64. The van der Waals surface area contributed by atoms with Crippen LogP contribution in [0.3, 0.4) is 0 Å². The number of rotatable bonds is 5. The van der Waals surface area contributed by atoms with Gasteiger partial charge in [-0.2, -0.15) is 4.98 Å². The van der Waals surface area contributed by atoms with Gasteiger partial charge in [0, 0.05) is 42.9 Å². The fourth-order valence-corrected chi connectivity index (χ4v) is 5.53. The Kier molecular flexibility index (Phi) is 5.75. The van der Waals surface area contributed by atoms with Crippen LogP contribution in [0.1, 0.15) is 31.0 Å². The highest BCUT2D eigenvalue weighted by atomic mass is 32.1. The number of benzene rings is 1. The van der Waals surface area contributed by atoms with Crippen molar-refractivity contribution in [3.05, 3.63) is 51.3 Å². The summed E-state index contributed by atoms with van der Waals surface area (Å²) in [5.41, 5.74) is 3.99. The summed E-state index contributed by atoms with van der Waals surface area (Å²) in [6.45, 7) is 8.84. The monoisotopic (exact) mass is 492 g/mol. The maximum atomic E-state index is 13.3. The Labute approximate surface area is 206 Å². The molecule has 0 radical (unpaired) electrons. The highest BCUT2D eigenvalue weighted by Gasteiger charge is 2.23. The number of thiazole rings is 1. The number of hydrogen-bond donors (Lipinski definition) is 2. The highest BCUT2D eigenvalue weighted by Crippen LogP contribution is 2.27. The molecule has 3 aromatic heterocycles. The molecule has 2 N–H and O–H groups in total. The van der Waals surface area contributed by atoms with Crippen LogP contribution in [0.2, 0.25) is 0 Å². The molecule has 182 valence electrons. The van der Waals surface area contributed by atoms with E-state index in [1.165, 1.54) is 11.1 Å². The molecular formula is C24H28N8O2S. The van der Waals surface area contributed by atoms with Gasteiger partial charge in [0.1, 0.15) is 5.39 Å². The maximum absolute atomic E-state index is 13.3. The van der Waals surface area contributed by atoms with Crippen molar-refractivity contribution in [3.8, 4) is 5.82 Å². The van der Waals surface area contributed by atoms with Gasteiger partial charge >= 0.3 is 0 Å². The van der Waals surface area contributed by atoms with E-state index in [0.29, 0.717) is 36.0 Å². The van der Waals surface area contributed by atoms with E-state index in [0.717, 1.165) is 43.4 Å². The minimum absolute atomic E-state index is 0.0743. The molecule has 1 fully saturated rings. The maximum Gasteiger partial charge on any atom is 0.278 e. The normalized spacial score (nSPS) is 16.1. The molecule has 0 aliphatic carbocycles. The zero-order valence-electron chi connectivity index (χ0n) is 19.8. The number of anilines is 3. The van der Waals surface area contributed by atoms with Gasteiger partial charge in [-0.05, 0) is 50.1 Å². The van der Waals surface area contributed by atoms with Crippen LogP contribution >= 0.6 is 11.3 Å². The lowest BCUT2D eigenvalue weighted by Gasteiger charge is -2.26. The third-order valence-electron chi connectivity index (χ3n) is 6.44. The van der Waals surface area contributed by atoms with E-state index in [9.17, 15) is 4.79 Å². The summed E-state index contributed by atoms with van der Waals surface area (Å²) in [7, 11) is 0. The molecular weight excluding hydrogens is 464 g/mol. The van der Waals surface area contributed by atoms with E-state index in [-0.39, 0.29) is 11.6 Å². The van der Waals surface area contributed by atoms with Gasteiger partial charge in [-0.15, -0.1) is 11.3 Å². The fourth-order valence-electron chi connectivity index (χ4n) is 4.69. The number of nitrogens with one attached hydrogen (secondary N) is 2. The average Bonchev–Trinajstić information content (AvgIpc) is 3.47. The van der Waals surface area contributed by atoms with Crippen LogP contribution in [-0.4, -0.2) is 57.2 Å². The smallest absolute Gasteiger partial charge is 0.278 e. The zero-order valence-corrected chi connectivity index (χ0v) is 20.6. The van der Waals surface area contributed by atoms with E-state index in [1.54, 1.807) is 22.2 Å². The number of morpholine rings is 1. The van der Waals surface area contributed by atoms with Crippen molar-refractivity contribution >= 4 is 39.1 Å². The minimum atomic E-state index is -0.123. The number of hydrogen-bond acceptors (Lipinski definition) is 9. The van der Waals surface area contributed by atoms with Crippen molar-refractivity contribution in [1.82, 2.24) is 29.6 Å². The summed E-state index contributed by atoms with van der Waals surface area (Å²) < 4.78 is 9.00. The summed E-state index contributed by atoms with van der Waals surface area (Å²) in [5, 5.41) is 10.1. The second kappa shape index (κ2) is 9.06. The van der Waals surface area contributed by atoms with Crippen LogP contribution in [-0.2, 0) is 17.7 Å². The zero-order chi connectivity index (χ0) is 23.9. The third kappa shape index (κ3) is 4.09. The molecule has 0 unspecified atom stereocenters. The SMILES string of the molecule is CC(C)n1c(=O)c2cnc(Nc3ccc4c(c3)CNCC4)nc2n1-c1csc(N2CCOCC2)n1. The molecule has 35 heavy (non-hydrogen) atoms. The van der Waals surface area contributed by atoms with Gasteiger partial charge in [0.25, 0.3) is 5.56 Å². The lowest BCUT2D eigenvalue weighted by Crippen LogP contribution is -2.36. The first-order chi connectivity index (χ1) is 17.1. The Bertz CT molecular complexity index is 1430. The Balaban J connectivity index is 1.40. The highest BCUT2D eigenvalue weighted by molar-refractivity contribution is 7.14. The molecule has 4 aromatic rings. The van der Waals surface area contributed by atoms with E-state index < -0.39 is 0 Å². The van der Waals surface area contributed by atoms with E-state index in [2.05, 4.69) is 38.7 Å². The molecule has 0 spiro atoms. The van der Waals surface area contributed by atoms with Crippen molar-refractivity contribution in [2.45, 2.75) is 32.9 Å². The largest absolute Gasteiger partial charge is 0.378 e. The van der Waals surface area contributed by atoms with Gasteiger partial charge in [0.2, 0.25) is 5.95 Å². The van der Waals surface area contributed by atoms with Crippen LogP contribution in [0.25, 0.3) is 16.9 Å². The molecule has 1 saturated heterocycles. The number of fused-ring (bicyclic) bond motifs is 2. The first kappa shape index (κ1) is 22.2. The van der Waals surface area contributed by atoms with Gasteiger partial charge < -0.3 is 20.3 Å². The van der Waals surface area contributed by atoms with E-state index in [1.807, 2.05) is 23.9 Å². The second-order valence-electron chi connectivity index (χ2n) is 9.11. The Morgan fingerprint density at radius 2 is 2.03 bits per heavy atom. The number of aromatic nitrogens is 5. The molecule has 5 heterocycles. The predicted molar refractivity (Wildman–Crippen MR) is 137 cm³/mol. The van der Waals surface area contributed by atoms with Gasteiger partial charge in [-0.3, -0.25) is 4.79 Å². The van der Waals surface area contributed by atoms with Gasteiger partial charge in [-0.25, -0.2) is 19.3 Å². The minimum Gasteiger partial charge on any atom is -0.378 e. The van der Waals surface area contributed by atoms with E-state index >= 15 is 0 Å². The molecule has 0 amide bonds. The quantitative estimate of drug-likeness (QED) is 0.439. The summed E-state index contributed by atoms with van der Waals surface area (Å²) >= 11 is 1.57. The molecule has 0 saturated carbocycles. The van der Waals surface area contributed by atoms with Crippen LogP contribution in [0.4, 0.5) is 16.8 Å². The van der Waals surface area contributed by atoms with Crippen molar-refractivity contribution in [2.24, 2.45) is 0 Å². The lowest BCUT2D eigenvalue weighted by molar-refractivity contribution is 0.122. The van der Waals surface area contributed by atoms with Crippen molar-refractivity contribution in [2.75, 3.05) is 43.1 Å². The number of nitrogens with zero attached hydrogens (tertiary/aromatic N) is 6. The second-order valence-corrected chi connectivity index (χ2v) is 9.95. The summed E-state index contributed by atoms with van der Waals surface area (Å²) in [6, 6.07) is 6.27. The van der Waals surface area contributed by atoms with Crippen LogP contribution in [0.15, 0.2) is 34.6 Å². The van der Waals surface area contributed by atoms with Gasteiger partial charge in [0.15, 0.2) is 16.6 Å². The van der Waals surface area contributed by atoms with Gasteiger partial charge in [-0.1, -0.05) is 6.07 Å². The van der Waals surface area contributed by atoms with Crippen LogP contribution < -0.4 is 21.1 Å². The molecule has 0 bridgehead atoms. The van der Waals surface area contributed by atoms with Crippen molar-refractivity contribution < 1.29 is 4.74 Å². The topological polar surface area (TPSA) is 102 Å². The Hall–Kier alpha value is -3.28. The Morgan fingerprint density at radius 1 is 1.17 bits per heavy atom. The standard InChI is InChI=1S/C24H28N8O2S/c1-15(2)31-22(33)19-13-26-23(27-18-4-3-16-5-6-25-12-17(16)11-18)29-21(19)32(31)20-14-35-24(28-20)30-7-9-34-10-8-30/h3-4,11,13-15,25H,5-10,12H2,1-2H3,(H,26,27,29). The number of ether oxygens (including phenoxy) is 1. The fraction of sp³-hybridized carbons (Fsp3) is 0.417. The van der Waals surface area contributed by atoms with Crippen molar-refractivity contribution in [1.29, 1.82) is 0 Å². The third-order valence-corrected chi connectivity index (χ3v) is 7.33.